The first kappa shape index (κ1) is 18.0. The van der Waals surface area contributed by atoms with Crippen molar-refractivity contribution >= 4 is 39.4 Å². The summed E-state index contributed by atoms with van der Waals surface area (Å²) in [6.07, 6.45) is 0.490. The Kier molecular flexibility index (Phi) is 6.23. The van der Waals surface area contributed by atoms with Crippen LogP contribution in [0.25, 0.3) is 0 Å². The Balaban J connectivity index is 2.69. The number of rotatable bonds is 5. The van der Waals surface area contributed by atoms with E-state index in [0.29, 0.717) is 21.5 Å². The van der Waals surface area contributed by atoms with Crippen molar-refractivity contribution < 1.29 is 14.7 Å². The first-order valence-electron chi connectivity index (χ1n) is 6.56. The summed E-state index contributed by atoms with van der Waals surface area (Å²) >= 11 is 9.19. The van der Waals surface area contributed by atoms with E-state index in [4.69, 9.17) is 11.6 Å². The van der Waals surface area contributed by atoms with Gasteiger partial charge in [-0.2, -0.15) is 0 Å². The van der Waals surface area contributed by atoms with Crippen molar-refractivity contribution in [2.75, 3.05) is 6.54 Å². The summed E-state index contributed by atoms with van der Waals surface area (Å²) < 4.78 is 0.705. The van der Waals surface area contributed by atoms with Crippen LogP contribution < -0.4 is 5.32 Å². The van der Waals surface area contributed by atoms with E-state index in [1.165, 1.54) is 0 Å². The lowest BCUT2D eigenvalue weighted by molar-refractivity contribution is -0.142. The van der Waals surface area contributed by atoms with Gasteiger partial charge in [0.2, 0.25) is 0 Å². The van der Waals surface area contributed by atoms with Crippen molar-refractivity contribution in [3.63, 3.8) is 0 Å². The molecular formula is C15H19BrClNO3. The molecule has 4 nitrogen and oxygen atoms in total. The lowest BCUT2D eigenvalue weighted by Gasteiger charge is -2.23. The number of benzene rings is 1. The van der Waals surface area contributed by atoms with Crippen LogP contribution in [0.2, 0.25) is 5.02 Å². The number of nitrogens with one attached hydrogen (secondary N) is 1. The molecule has 0 saturated carbocycles. The van der Waals surface area contributed by atoms with Crippen LogP contribution in [0.15, 0.2) is 22.7 Å². The molecule has 1 aromatic rings. The first-order valence-corrected chi connectivity index (χ1v) is 7.73. The van der Waals surface area contributed by atoms with Gasteiger partial charge in [-0.3, -0.25) is 9.59 Å². The van der Waals surface area contributed by atoms with Crippen LogP contribution in [-0.4, -0.2) is 23.5 Å². The second kappa shape index (κ2) is 7.27. The zero-order valence-corrected chi connectivity index (χ0v) is 14.6. The average Bonchev–Trinajstić information content (AvgIpc) is 2.35. The predicted molar refractivity (Wildman–Crippen MR) is 86.7 cm³/mol. The molecule has 1 rings (SSSR count). The molecular weight excluding hydrogens is 358 g/mol. The van der Waals surface area contributed by atoms with E-state index < -0.39 is 11.9 Å². The fraction of sp³-hybridized carbons (Fsp3) is 0.467. The van der Waals surface area contributed by atoms with E-state index in [9.17, 15) is 14.7 Å². The fourth-order valence-electron chi connectivity index (χ4n) is 1.94. The molecule has 0 saturated heterocycles. The molecule has 21 heavy (non-hydrogen) atoms. The Morgan fingerprint density at radius 3 is 2.48 bits per heavy atom. The normalized spacial score (nSPS) is 12.8. The summed E-state index contributed by atoms with van der Waals surface area (Å²) in [6, 6.07) is 4.85. The number of carboxylic acid groups (broad SMARTS) is 1. The highest BCUT2D eigenvalue weighted by atomic mass is 79.9. The van der Waals surface area contributed by atoms with Crippen molar-refractivity contribution in [3.05, 3.63) is 33.3 Å². The Bertz CT molecular complexity index is 540. The van der Waals surface area contributed by atoms with Crippen molar-refractivity contribution in [1.29, 1.82) is 0 Å². The maximum absolute atomic E-state index is 12.0. The second-order valence-electron chi connectivity index (χ2n) is 6.14. The smallest absolute Gasteiger partial charge is 0.308 e. The van der Waals surface area contributed by atoms with Gasteiger partial charge < -0.3 is 10.4 Å². The third-order valence-electron chi connectivity index (χ3n) is 2.90. The van der Waals surface area contributed by atoms with Gasteiger partial charge in [0.15, 0.2) is 0 Å². The van der Waals surface area contributed by atoms with Gasteiger partial charge in [0.1, 0.15) is 0 Å². The lowest BCUT2D eigenvalue weighted by Crippen LogP contribution is -2.35. The molecule has 0 aliphatic heterocycles. The molecule has 1 unspecified atom stereocenters. The second-order valence-corrected chi connectivity index (χ2v) is 7.40. The molecule has 0 radical (unpaired) electrons. The summed E-state index contributed by atoms with van der Waals surface area (Å²) in [4.78, 5) is 23.3. The number of hydrogen-bond acceptors (Lipinski definition) is 2. The molecule has 0 aromatic heterocycles. The number of carboxylic acids is 1. The summed E-state index contributed by atoms with van der Waals surface area (Å²) in [5.74, 6) is -1.84. The SMILES string of the molecule is CC(C)(C)CC(CNC(=O)c1ccc(Br)c(Cl)c1)C(=O)O. The summed E-state index contributed by atoms with van der Waals surface area (Å²) in [6.45, 7) is 6.01. The van der Waals surface area contributed by atoms with Crippen LogP contribution in [0.3, 0.4) is 0 Å². The summed E-state index contributed by atoms with van der Waals surface area (Å²) in [5, 5.41) is 12.3. The van der Waals surface area contributed by atoms with Gasteiger partial charge in [0.25, 0.3) is 5.91 Å². The minimum atomic E-state index is -0.904. The Morgan fingerprint density at radius 1 is 1.38 bits per heavy atom. The standard InChI is InChI=1S/C15H19BrClNO3/c1-15(2,3)7-10(14(20)21)8-18-13(19)9-4-5-11(16)12(17)6-9/h4-6,10H,7-8H2,1-3H3,(H,18,19)(H,20,21). The van der Waals surface area contributed by atoms with Crippen LogP contribution in [0.4, 0.5) is 0 Å². The number of amides is 1. The molecule has 0 bridgehead atoms. The highest BCUT2D eigenvalue weighted by Crippen LogP contribution is 2.25. The van der Waals surface area contributed by atoms with Gasteiger partial charge in [0.05, 0.1) is 10.9 Å². The lowest BCUT2D eigenvalue weighted by atomic mass is 9.84. The van der Waals surface area contributed by atoms with Crippen molar-refractivity contribution in [1.82, 2.24) is 5.32 Å². The van der Waals surface area contributed by atoms with E-state index in [-0.39, 0.29) is 17.9 Å². The van der Waals surface area contributed by atoms with Gasteiger partial charge in [-0.1, -0.05) is 32.4 Å². The maximum atomic E-state index is 12.0. The molecule has 1 atom stereocenters. The Hall–Kier alpha value is -1.07. The quantitative estimate of drug-likeness (QED) is 0.817. The molecule has 1 amide bonds. The maximum Gasteiger partial charge on any atom is 0.308 e. The zero-order valence-electron chi connectivity index (χ0n) is 12.2. The van der Waals surface area contributed by atoms with Gasteiger partial charge >= 0.3 is 5.97 Å². The molecule has 6 heteroatoms. The molecule has 2 N–H and O–H groups in total. The largest absolute Gasteiger partial charge is 0.481 e. The summed E-state index contributed by atoms with van der Waals surface area (Å²) in [5.41, 5.74) is 0.289. The van der Waals surface area contributed by atoms with Crippen LogP contribution in [0.5, 0.6) is 0 Å². The third kappa shape index (κ3) is 6.06. The van der Waals surface area contributed by atoms with E-state index in [1.807, 2.05) is 20.8 Å². The molecule has 0 aliphatic rings. The van der Waals surface area contributed by atoms with E-state index in [2.05, 4.69) is 21.2 Å². The topological polar surface area (TPSA) is 66.4 Å². The number of aliphatic carboxylic acids is 1. The minimum absolute atomic E-state index is 0.0963. The van der Waals surface area contributed by atoms with Crippen LogP contribution in [0, 0.1) is 11.3 Å². The first-order chi connectivity index (χ1) is 9.60. The van der Waals surface area contributed by atoms with E-state index >= 15 is 0 Å². The summed E-state index contributed by atoms with van der Waals surface area (Å²) in [7, 11) is 0. The fourth-order valence-corrected chi connectivity index (χ4v) is 2.37. The van der Waals surface area contributed by atoms with Crippen LogP contribution >= 0.6 is 27.5 Å². The average molecular weight is 377 g/mol. The highest BCUT2D eigenvalue weighted by molar-refractivity contribution is 9.10. The highest BCUT2D eigenvalue weighted by Gasteiger charge is 2.25. The molecule has 0 aliphatic carbocycles. The van der Waals surface area contributed by atoms with Crippen LogP contribution in [0.1, 0.15) is 37.6 Å². The molecule has 0 heterocycles. The van der Waals surface area contributed by atoms with E-state index in [0.717, 1.165) is 0 Å². The zero-order chi connectivity index (χ0) is 16.2. The van der Waals surface area contributed by atoms with Gasteiger partial charge in [0, 0.05) is 16.6 Å². The van der Waals surface area contributed by atoms with Crippen LogP contribution in [-0.2, 0) is 4.79 Å². The van der Waals surface area contributed by atoms with Crippen molar-refractivity contribution in [2.24, 2.45) is 11.3 Å². The third-order valence-corrected chi connectivity index (χ3v) is 4.13. The van der Waals surface area contributed by atoms with Gasteiger partial charge in [-0.15, -0.1) is 0 Å². The van der Waals surface area contributed by atoms with Crippen molar-refractivity contribution in [2.45, 2.75) is 27.2 Å². The number of halogens is 2. The number of carbonyl (C=O) groups excluding carboxylic acids is 1. The minimum Gasteiger partial charge on any atom is -0.481 e. The van der Waals surface area contributed by atoms with E-state index in [1.54, 1.807) is 18.2 Å². The predicted octanol–water partition coefficient (Wildman–Crippen LogP) is 3.97. The molecule has 0 fully saturated rings. The molecule has 116 valence electrons. The van der Waals surface area contributed by atoms with Gasteiger partial charge in [-0.25, -0.2) is 0 Å². The molecule has 0 spiro atoms. The Labute approximate surface area is 138 Å². The number of carbonyl (C=O) groups is 2. The number of hydrogen-bond donors (Lipinski definition) is 2. The van der Waals surface area contributed by atoms with Crippen molar-refractivity contribution in [3.8, 4) is 0 Å². The monoisotopic (exact) mass is 375 g/mol. The van der Waals surface area contributed by atoms with Gasteiger partial charge in [-0.05, 0) is 46.0 Å². The molecule has 1 aromatic carbocycles. The Morgan fingerprint density at radius 2 is 2.00 bits per heavy atom.